The molecule has 0 fully saturated rings. The van der Waals surface area contributed by atoms with Crippen LogP contribution in [0.2, 0.25) is 0 Å². The van der Waals surface area contributed by atoms with Crippen molar-refractivity contribution in [3.05, 3.63) is 133 Å². The van der Waals surface area contributed by atoms with Crippen LogP contribution in [0.3, 0.4) is 0 Å². The SMILES string of the molecule is CC(C)(C)c1ccc(-c2nccc3ccccc23)cc1.CC(C)(C)c1ccc(-c2nccc3ccccc23)cc1.[Ir+3]. The van der Waals surface area contributed by atoms with Crippen molar-refractivity contribution < 1.29 is 20.1 Å². The molecule has 0 radical (unpaired) electrons. The van der Waals surface area contributed by atoms with Gasteiger partial charge in [-0.1, -0.05) is 139 Å². The Morgan fingerprint density at radius 1 is 0.415 bits per heavy atom. The number of benzene rings is 4. The van der Waals surface area contributed by atoms with Gasteiger partial charge in [0, 0.05) is 34.3 Å². The molecule has 6 rings (SSSR count). The topological polar surface area (TPSA) is 25.8 Å². The van der Waals surface area contributed by atoms with Gasteiger partial charge in [-0.3, -0.25) is 9.97 Å². The molecule has 41 heavy (non-hydrogen) atoms. The third-order valence-electron chi connectivity index (χ3n) is 7.40. The maximum atomic E-state index is 4.57. The van der Waals surface area contributed by atoms with Crippen LogP contribution >= 0.6 is 0 Å². The summed E-state index contributed by atoms with van der Waals surface area (Å²) < 4.78 is 0. The van der Waals surface area contributed by atoms with E-state index in [2.05, 4.69) is 161 Å². The first-order valence-electron chi connectivity index (χ1n) is 14.0. The van der Waals surface area contributed by atoms with Crippen LogP contribution in [0.1, 0.15) is 52.7 Å². The van der Waals surface area contributed by atoms with Crippen molar-refractivity contribution in [2.45, 2.75) is 52.4 Å². The summed E-state index contributed by atoms with van der Waals surface area (Å²) in [6.07, 6.45) is 3.77. The molecule has 0 atom stereocenters. The van der Waals surface area contributed by atoms with Gasteiger partial charge in [0.1, 0.15) is 0 Å². The second kappa shape index (κ2) is 12.5. The molecule has 3 heteroatoms. The molecule has 2 heterocycles. The van der Waals surface area contributed by atoms with Gasteiger partial charge in [-0.05, 0) is 44.9 Å². The Labute approximate surface area is 258 Å². The van der Waals surface area contributed by atoms with Gasteiger partial charge in [-0.2, -0.15) is 0 Å². The number of rotatable bonds is 2. The van der Waals surface area contributed by atoms with E-state index in [1.807, 2.05) is 12.4 Å². The average molecular weight is 715 g/mol. The number of aromatic nitrogens is 2. The monoisotopic (exact) mass is 715 g/mol. The van der Waals surface area contributed by atoms with E-state index in [9.17, 15) is 0 Å². The number of nitrogens with zero attached hydrogens (tertiary/aromatic N) is 2. The first-order valence-corrected chi connectivity index (χ1v) is 14.0. The molecule has 0 aliphatic heterocycles. The van der Waals surface area contributed by atoms with Gasteiger partial charge >= 0.3 is 20.1 Å². The minimum absolute atomic E-state index is 0. The van der Waals surface area contributed by atoms with Gasteiger partial charge in [0.2, 0.25) is 0 Å². The Bertz CT molecular complexity index is 1600. The number of hydrogen-bond donors (Lipinski definition) is 0. The molecule has 0 aliphatic carbocycles. The van der Waals surface area contributed by atoms with E-state index in [1.165, 1.54) is 43.8 Å². The molecule has 0 saturated carbocycles. The van der Waals surface area contributed by atoms with Crippen LogP contribution in [0, 0.1) is 0 Å². The molecule has 0 amide bonds. The van der Waals surface area contributed by atoms with Crippen LogP contribution in [0.5, 0.6) is 0 Å². The van der Waals surface area contributed by atoms with Crippen molar-refractivity contribution in [2.75, 3.05) is 0 Å². The Balaban J connectivity index is 0.000000184. The fraction of sp³-hybridized carbons (Fsp3) is 0.211. The van der Waals surface area contributed by atoms with E-state index in [0.717, 1.165) is 11.4 Å². The molecule has 206 valence electrons. The number of pyridine rings is 2. The zero-order valence-corrected chi connectivity index (χ0v) is 27.2. The molecule has 4 aromatic carbocycles. The predicted octanol–water partition coefficient (Wildman–Crippen LogP) is 10.4. The van der Waals surface area contributed by atoms with Crippen molar-refractivity contribution in [3.63, 3.8) is 0 Å². The zero-order chi connectivity index (χ0) is 28.3. The third-order valence-corrected chi connectivity index (χ3v) is 7.40. The molecule has 6 aromatic rings. The summed E-state index contributed by atoms with van der Waals surface area (Å²) in [7, 11) is 0. The normalized spacial score (nSPS) is 11.5. The first kappa shape index (κ1) is 30.3. The third kappa shape index (κ3) is 6.99. The molecule has 0 bridgehead atoms. The molecule has 0 N–H and O–H groups in total. The Morgan fingerprint density at radius 2 is 0.756 bits per heavy atom. The van der Waals surface area contributed by atoms with Gasteiger partial charge in [0.15, 0.2) is 0 Å². The second-order valence-electron chi connectivity index (χ2n) is 12.4. The maximum absolute atomic E-state index is 4.57. The minimum Gasteiger partial charge on any atom is -0.256 e. The quantitative estimate of drug-likeness (QED) is 0.178. The van der Waals surface area contributed by atoms with Crippen LogP contribution in [0.4, 0.5) is 0 Å². The van der Waals surface area contributed by atoms with E-state index in [4.69, 9.17) is 0 Å². The number of fused-ring (bicyclic) bond motifs is 2. The van der Waals surface area contributed by atoms with Crippen LogP contribution in [0.25, 0.3) is 44.1 Å². The molecule has 0 unspecified atom stereocenters. The second-order valence-corrected chi connectivity index (χ2v) is 12.4. The summed E-state index contributed by atoms with van der Waals surface area (Å²) >= 11 is 0. The van der Waals surface area contributed by atoms with Crippen LogP contribution in [-0.2, 0) is 30.9 Å². The van der Waals surface area contributed by atoms with Gasteiger partial charge in [0.05, 0.1) is 11.4 Å². The van der Waals surface area contributed by atoms with Crippen LogP contribution in [0.15, 0.2) is 122 Å². The first-order chi connectivity index (χ1) is 19.1. The smallest absolute Gasteiger partial charge is 0.256 e. The van der Waals surface area contributed by atoms with Gasteiger partial charge in [0.25, 0.3) is 0 Å². The van der Waals surface area contributed by atoms with Gasteiger partial charge < -0.3 is 0 Å². The van der Waals surface area contributed by atoms with Crippen molar-refractivity contribution >= 4 is 21.5 Å². The Kier molecular flexibility index (Phi) is 9.22. The summed E-state index contributed by atoms with van der Waals surface area (Å²) in [5.74, 6) is 0. The van der Waals surface area contributed by atoms with Crippen molar-refractivity contribution in [2.24, 2.45) is 0 Å². The molecule has 0 spiro atoms. The zero-order valence-electron chi connectivity index (χ0n) is 24.8. The molecular weight excluding hydrogens is 677 g/mol. The van der Waals surface area contributed by atoms with E-state index in [0.29, 0.717) is 0 Å². The summed E-state index contributed by atoms with van der Waals surface area (Å²) in [5.41, 5.74) is 7.54. The summed E-state index contributed by atoms with van der Waals surface area (Å²) in [6.45, 7) is 13.4. The summed E-state index contributed by atoms with van der Waals surface area (Å²) in [5, 5.41) is 4.88. The fourth-order valence-electron chi connectivity index (χ4n) is 4.96. The molecule has 0 saturated heterocycles. The maximum Gasteiger partial charge on any atom is 3.00 e. The predicted molar refractivity (Wildman–Crippen MR) is 172 cm³/mol. The molecule has 0 aliphatic rings. The molecular formula is C38H38IrN2+3. The average Bonchev–Trinajstić information content (AvgIpc) is 2.96. The van der Waals surface area contributed by atoms with Crippen molar-refractivity contribution in [1.29, 1.82) is 0 Å². The van der Waals surface area contributed by atoms with E-state index < -0.39 is 0 Å². The Hall–Kier alpha value is -3.65. The van der Waals surface area contributed by atoms with Crippen molar-refractivity contribution in [1.82, 2.24) is 9.97 Å². The van der Waals surface area contributed by atoms with E-state index in [1.54, 1.807) is 0 Å². The van der Waals surface area contributed by atoms with Gasteiger partial charge in [-0.25, -0.2) is 0 Å². The van der Waals surface area contributed by atoms with Crippen LogP contribution in [-0.4, -0.2) is 9.97 Å². The van der Waals surface area contributed by atoms with E-state index >= 15 is 0 Å². The molecule has 2 nitrogen and oxygen atoms in total. The van der Waals surface area contributed by atoms with Crippen LogP contribution < -0.4 is 0 Å². The van der Waals surface area contributed by atoms with Gasteiger partial charge in [-0.15, -0.1) is 0 Å². The fourth-order valence-corrected chi connectivity index (χ4v) is 4.96. The standard InChI is InChI=1S/2C19H19N.Ir/c2*1-19(2,3)16-10-8-15(9-11-16)18-17-7-5-4-6-14(17)12-13-20-18;/h2*4-13H,1-3H3;/q;;+3. The molecule has 2 aromatic heterocycles. The largest absolute Gasteiger partial charge is 3.00 e. The van der Waals surface area contributed by atoms with E-state index in [-0.39, 0.29) is 30.9 Å². The minimum atomic E-state index is 0. The Morgan fingerprint density at radius 3 is 1.10 bits per heavy atom. The summed E-state index contributed by atoms with van der Waals surface area (Å²) in [4.78, 5) is 9.14. The summed E-state index contributed by atoms with van der Waals surface area (Å²) in [6, 6.07) is 38.4. The van der Waals surface area contributed by atoms with Crippen molar-refractivity contribution in [3.8, 4) is 22.5 Å². The number of hydrogen-bond acceptors (Lipinski definition) is 2.